The van der Waals surface area contributed by atoms with E-state index < -0.39 is 0 Å². The third-order valence-corrected chi connectivity index (χ3v) is 3.03. The van der Waals surface area contributed by atoms with Gasteiger partial charge in [0.2, 0.25) is 0 Å². The fourth-order valence-electron chi connectivity index (χ4n) is 2.09. The maximum atomic E-state index is 11.2. The van der Waals surface area contributed by atoms with Crippen LogP contribution >= 0.6 is 0 Å². The Labute approximate surface area is 112 Å². The van der Waals surface area contributed by atoms with Crippen molar-refractivity contribution in [1.29, 1.82) is 0 Å². The molecule has 2 aromatic rings. The largest absolute Gasteiger partial charge is 0.424 e. The van der Waals surface area contributed by atoms with Gasteiger partial charge in [-0.05, 0) is 33.0 Å². The van der Waals surface area contributed by atoms with E-state index in [9.17, 15) is 4.79 Å². The van der Waals surface area contributed by atoms with E-state index >= 15 is 0 Å². The lowest BCUT2D eigenvalue weighted by Crippen LogP contribution is -2.15. The zero-order valence-electron chi connectivity index (χ0n) is 11.8. The number of nitrogens with zero attached hydrogens (tertiary/aromatic N) is 2. The third-order valence-electron chi connectivity index (χ3n) is 3.03. The van der Waals surface area contributed by atoms with Crippen LogP contribution < -0.4 is 4.74 Å². The van der Waals surface area contributed by atoms with Gasteiger partial charge in [-0.1, -0.05) is 0 Å². The average molecular weight is 261 g/mol. The predicted molar refractivity (Wildman–Crippen MR) is 74.4 cm³/mol. The highest BCUT2D eigenvalue weighted by molar-refractivity contribution is 5.92. The fraction of sp³-hybridized carbons (Fsp3) is 0.429. The first kappa shape index (κ1) is 13.5. The number of H-pyrrole nitrogens is 1. The van der Waals surface area contributed by atoms with Crippen molar-refractivity contribution in [3.63, 3.8) is 0 Å². The molecule has 0 aromatic carbocycles. The van der Waals surface area contributed by atoms with Crippen LogP contribution in [0.3, 0.4) is 0 Å². The van der Waals surface area contributed by atoms with Crippen molar-refractivity contribution in [2.45, 2.75) is 20.3 Å². The van der Waals surface area contributed by atoms with E-state index in [4.69, 9.17) is 4.74 Å². The first-order chi connectivity index (χ1) is 8.99. The summed E-state index contributed by atoms with van der Waals surface area (Å²) in [5.74, 6) is 0.204. The second-order valence-electron chi connectivity index (χ2n) is 4.92. The molecule has 0 fully saturated rings. The van der Waals surface area contributed by atoms with Crippen molar-refractivity contribution >= 4 is 16.9 Å². The summed E-state index contributed by atoms with van der Waals surface area (Å²) in [6.07, 6.45) is 4.48. The lowest BCUT2D eigenvalue weighted by atomic mass is 10.1. The van der Waals surface area contributed by atoms with Crippen molar-refractivity contribution in [3.05, 3.63) is 23.7 Å². The number of hydrogen-bond acceptors (Lipinski definition) is 4. The Morgan fingerprint density at radius 1 is 1.47 bits per heavy atom. The summed E-state index contributed by atoms with van der Waals surface area (Å²) in [6, 6.07) is 0. The average Bonchev–Trinajstić information content (AvgIpc) is 2.74. The smallest absolute Gasteiger partial charge is 0.308 e. The topological polar surface area (TPSA) is 58.2 Å². The predicted octanol–water partition coefficient (Wildman–Crippen LogP) is 1.90. The molecule has 0 saturated heterocycles. The van der Waals surface area contributed by atoms with Crippen LogP contribution in [0.1, 0.15) is 18.2 Å². The van der Waals surface area contributed by atoms with Crippen LogP contribution in [-0.2, 0) is 11.2 Å². The molecule has 0 spiro atoms. The molecule has 2 aromatic heterocycles. The Morgan fingerprint density at radius 2 is 2.21 bits per heavy atom. The molecule has 1 N–H and O–H groups in total. The second-order valence-corrected chi connectivity index (χ2v) is 4.92. The second kappa shape index (κ2) is 5.40. The van der Waals surface area contributed by atoms with Gasteiger partial charge in [-0.15, -0.1) is 0 Å². The number of nitrogens with one attached hydrogen (secondary N) is 1. The molecule has 0 atom stereocenters. The number of fused-ring (bicyclic) bond motifs is 1. The number of aryl methyl sites for hydroxylation is 1. The highest BCUT2D eigenvalue weighted by Gasteiger charge is 2.14. The lowest BCUT2D eigenvalue weighted by molar-refractivity contribution is -0.131. The molecule has 0 aliphatic heterocycles. The number of pyridine rings is 1. The Hall–Kier alpha value is -1.88. The van der Waals surface area contributed by atoms with Gasteiger partial charge in [-0.25, -0.2) is 0 Å². The van der Waals surface area contributed by atoms with Crippen LogP contribution in [-0.4, -0.2) is 41.5 Å². The fourth-order valence-corrected chi connectivity index (χ4v) is 2.09. The Kier molecular flexibility index (Phi) is 3.85. The molecular formula is C14H19N3O2. The van der Waals surface area contributed by atoms with Crippen molar-refractivity contribution in [3.8, 4) is 5.75 Å². The lowest BCUT2D eigenvalue weighted by Gasteiger charge is -2.10. The van der Waals surface area contributed by atoms with Crippen LogP contribution in [0.4, 0.5) is 0 Å². The minimum Gasteiger partial charge on any atom is -0.424 e. The number of aromatic nitrogens is 2. The first-order valence-corrected chi connectivity index (χ1v) is 6.27. The standard InChI is InChI=1S/C14H19N3O2/c1-9-14-13(12(8-15-9)19-10(2)18)11(7-16-14)5-6-17(3)4/h7-8,16H,5-6H2,1-4H3. The van der Waals surface area contributed by atoms with E-state index in [-0.39, 0.29) is 5.97 Å². The van der Waals surface area contributed by atoms with E-state index in [1.165, 1.54) is 6.92 Å². The van der Waals surface area contributed by atoms with Gasteiger partial charge in [0.25, 0.3) is 0 Å². The molecule has 0 aliphatic carbocycles. The summed E-state index contributed by atoms with van der Waals surface area (Å²) in [4.78, 5) is 20.8. The summed E-state index contributed by atoms with van der Waals surface area (Å²) >= 11 is 0. The zero-order valence-corrected chi connectivity index (χ0v) is 11.8. The highest BCUT2D eigenvalue weighted by atomic mass is 16.5. The van der Waals surface area contributed by atoms with Crippen molar-refractivity contribution in [1.82, 2.24) is 14.9 Å². The van der Waals surface area contributed by atoms with Crippen LogP contribution in [0.5, 0.6) is 5.75 Å². The summed E-state index contributed by atoms with van der Waals surface area (Å²) < 4.78 is 5.25. The van der Waals surface area contributed by atoms with Crippen molar-refractivity contribution in [2.75, 3.05) is 20.6 Å². The van der Waals surface area contributed by atoms with Gasteiger partial charge >= 0.3 is 5.97 Å². The molecule has 0 radical (unpaired) electrons. The molecule has 2 rings (SSSR count). The molecule has 2 heterocycles. The summed E-state index contributed by atoms with van der Waals surface area (Å²) in [5.41, 5.74) is 2.99. The van der Waals surface area contributed by atoms with Crippen LogP contribution in [0, 0.1) is 6.92 Å². The van der Waals surface area contributed by atoms with Crippen LogP contribution in [0.2, 0.25) is 0 Å². The van der Waals surface area contributed by atoms with E-state index in [0.29, 0.717) is 5.75 Å². The molecule has 0 saturated carbocycles. The number of esters is 1. The van der Waals surface area contributed by atoms with Gasteiger partial charge in [0.15, 0.2) is 5.75 Å². The monoisotopic (exact) mass is 261 g/mol. The molecule has 0 amide bonds. The van der Waals surface area contributed by atoms with E-state index in [2.05, 4.69) is 14.9 Å². The van der Waals surface area contributed by atoms with Gasteiger partial charge in [0.1, 0.15) is 0 Å². The minimum atomic E-state index is -0.327. The van der Waals surface area contributed by atoms with Crippen LogP contribution in [0.15, 0.2) is 12.4 Å². The first-order valence-electron chi connectivity index (χ1n) is 6.27. The summed E-state index contributed by atoms with van der Waals surface area (Å²) in [6.45, 7) is 4.28. The number of rotatable bonds is 4. The molecule has 0 bridgehead atoms. The van der Waals surface area contributed by atoms with E-state index in [0.717, 1.165) is 35.1 Å². The van der Waals surface area contributed by atoms with Gasteiger partial charge in [-0.3, -0.25) is 9.78 Å². The molecule has 19 heavy (non-hydrogen) atoms. The maximum Gasteiger partial charge on any atom is 0.308 e. The number of likely N-dealkylation sites (N-methyl/N-ethyl adjacent to an activating group) is 1. The van der Waals surface area contributed by atoms with Crippen LogP contribution in [0.25, 0.3) is 10.9 Å². The number of aromatic amines is 1. The Morgan fingerprint density at radius 3 is 2.84 bits per heavy atom. The van der Waals surface area contributed by atoms with Crippen molar-refractivity contribution in [2.24, 2.45) is 0 Å². The van der Waals surface area contributed by atoms with Gasteiger partial charge in [0, 0.05) is 25.1 Å². The van der Waals surface area contributed by atoms with Gasteiger partial charge < -0.3 is 14.6 Å². The Balaban J connectivity index is 2.47. The quantitative estimate of drug-likeness (QED) is 0.854. The third kappa shape index (κ3) is 2.93. The number of carbonyl (C=O) groups excluding carboxylic acids is 1. The van der Waals surface area contributed by atoms with Crippen molar-refractivity contribution < 1.29 is 9.53 Å². The highest BCUT2D eigenvalue weighted by Crippen LogP contribution is 2.30. The van der Waals surface area contributed by atoms with E-state index in [1.54, 1.807) is 6.20 Å². The number of hydrogen-bond donors (Lipinski definition) is 1. The minimum absolute atomic E-state index is 0.327. The zero-order chi connectivity index (χ0) is 14.0. The normalized spacial score (nSPS) is 11.2. The molecule has 5 heteroatoms. The van der Waals surface area contributed by atoms with E-state index in [1.807, 2.05) is 27.2 Å². The molecule has 0 unspecified atom stereocenters. The number of carbonyl (C=O) groups is 1. The van der Waals surface area contributed by atoms with Gasteiger partial charge in [0.05, 0.1) is 17.4 Å². The number of ether oxygens (including phenoxy) is 1. The Bertz CT molecular complexity index is 602. The molecular weight excluding hydrogens is 242 g/mol. The summed E-state index contributed by atoms with van der Waals surface area (Å²) in [5, 5.41) is 0.963. The SMILES string of the molecule is CC(=O)Oc1cnc(C)c2[nH]cc(CCN(C)C)c12. The summed E-state index contributed by atoms with van der Waals surface area (Å²) in [7, 11) is 4.07. The maximum absolute atomic E-state index is 11.2. The van der Waals surface area contributed by atoms with Gasteiger partial charge in [-0.2, -0.15) is 0 Å². The molecule has 0 aliphatic rings. The molecule has 5 nitrogen and oxygen atoms in total. The molecule has 102 valence electrons.